The summed E-state index contributed by atoms with van der Waals surface area (Å²) in [5.41, 5.74) is 0.229. The Morgan fingerprint density at radius 1 is 1.36 bits per heavy atom. The maximum absolute atomic E-state index is 12.2. The molecule has 1 spiro atoms. The first-order valence-corrected chi connectivity index (χ1v) is 7.75. The second-order valence-corrected chi connectivity index (χ2v) is 7.23. The van der Waals surface area contributed by atoms with E-state index in [4.69, 9.17) is 9.47 Å². The standard InChI is InChI=1S/C17H23NO4/c1-16(2,3)22-15(20)18-9-8-17(11-18)7-6-12-10-13(19)4-5-14(12)21-17/h4-5,10,19H,6-9,11H2,1-3H3. The first-order valence-electron chi connectivity index (χ1n) is 7.75. The molecule has 5 nitrogen and oxygen atoms in total. The number of aryl methyl sites for hydroxylation is 1. The molecule has 1 N–H and O–H groups in total. The van der Waals surface area contributed by atoms with Gasteiger partial charge in [0, 0.05) is 13.0 Å². The zero-order chi connectivity index (χ0) is 16.0. The quantitative estimate of drug-likeness (QED) is 0.800. The molecule has 2 heterocycles. The monoisotopic (exact) mass is 305 g/mol. The van der Waals surface area contributed by atoms with Crippen molar-refractivity contribution in [3.05, 3.63) is 23.8 Å². The molecule has 3 rings (SSSR count). The van der Waals surface area contributed by atoms with Crippen molar-refractivity contribution in [2.75, 3.05) is 13.1 Å². The molecular weight excluding hydrogens is 282 g/mol. The number of aromatic hydroxyl groups is 1. The van der Waals surface area contributed by atoms with Gasteiger partial charge >= 0.3 is 6.09 Å². The van der Waals surface area contributed by atoms with Gasteiger partial charge in [-0.15, -0.1) is 0 Å². The molecule has 5 heteroatoms. The molecule has 1 unspecified atom stereocenters. The van der Waals surface area contributed by atoms with E-state index in [1.807, 2.05) is 26.8 Å². The summed E-state index contributed by atoms with van der Waals surface area (Å²) in [4.78, 5) is 13.9. The van der Waals surface area contributed by atoms with Gasteiger partial charge in [-0.2, -0.15) is 0 Å². The van der Waals surface area contributed by atoms with Gasteiger partial charge in [0.05, 0.1) is 6.54 Å². The molecule has 1 aromatic carbocycles. The average Bonchev–Trinajstić information content (AvgIpc) is 2.82. The fourth-order valence-corrected chi connectivity index (χ4v) is 3.12. The topological polar surface area (TPSA) is 59.0 Å². The van der Waals surface area contributed by atoms with Gasteiger partial charge in [0.1, 0.15) is 22.7 Å². The highest BCUT2D eigenvalue weighted by molar-refractivity contribution is 5.68. The number of carbonyl (C=O) groups is 1. The lowest BCUT2D eigenvalue weighted by Crippen LogP contribution is -2.44. The second-order valence-electron chi connectivity index (χ2n) is 7.23. The van der Waals surface area contributed by atoms with Crippen LogP contribution in [0.2, 0.25) is 0 Å². The van der Waals surface area contributed by atoms with Crippen LogP contribution in [0.15, 0.2) is 18.2 Å². The fraction of sp³-hybridized carbons (Fsp3) is 0.588. The highest BCUT2D eigenvalue weighted by Crippen LogP contribution is 2.40. The van der Waals surface area contributed by atoms with Crippen LogP contribution in [0.5, 0.6) is 11.5 Å². The van der Waals surface area contributed by atoms with Crippen LogP contribution >= 0.6 is 0 Å². The van der Waals surface area contributed by atoms with E-state index in [-0.39, 0.29) is 17.4 Å². The molecule has 2 aliphatic heterocycles. The molecule has 1 atom stereocenters. The van der Waals surface area contributed by atoms with E-state index in [0.717, 1.165) is 30.6 Å². The third-order valence-electron chi connectivity index (χ3n) is 4.19. The summed E-state index contributed by atoms with van der Waals surface area (Å²) in [6.07, 6.45) is 2.24. The molecule has 0 saturated carbocycles. The summed E-state index contributed by atoms with van der Waals surface area (Å²) in [5, 5.41) is 9.54. The minimum Gasteiger partial charge on any atom is -0.508 e. The van der Waals surface area contributed by atoms with Gasteiger partial charge in [0.15, 0.2) is 0 Å². The van der Waals surface area contributed by atoms with Gasteiger partial charge in [0.25, 0.3) is 0 Å². The smallest absolute Gasteiger partial charge is 0.410 e. The van der Waals surface area contributed by atoms with Gasteiger partial charge in [-0.1, -0.05) is 0 Å². The van der Waals surface area contributed by atoms with Crippen molar-refractivity contribution >= 4 is 6.09 Å². The van der Waals surface area contributed by atoms with Crippen LogP contribution in [-0.4, -0.2) is 40.4 Å². The van der Waals surface area contributed by atoms with Crippen molar-refractivity contribution in [2.45, 2.75) is 51.2 Å². The largest absolute Gasteiger partial charge is 0.508 e. The van der Waals surface area contributed by atoms with Crippen LogP contribution in [0.1, 0.15) is 39.2 Å². The van der Waals surface area contributed by atoms with Crippen molar-refractivity contribution in [3.8, 4) is 11.5 Å². The normalized spacial score (nSPS) is 24.0. The van der Waals surface area contributed by atoms with Crippen LogP contribution < -0.4 is 4.74 Å². The first-order chi connectivity index (χ1) is 10.3. The zero-order valence-corrected chi connectivity index (χ0v) is 13.4. The number of rotatable bonds is 0. The summed E-state index contributed by atoms with van der Waals surface area (Å²) in [6.45, 7) is 6.83. The maximum Gasteiger partial charge on any atom is 0.410 e. The molecular formula is C17H23NO4. The zero-order valence-electron chi connectivity index (χ0n) is 13.4. The fourth-order valence-electron chi connectivity index (χ4n) is 3.12. The van der Waals surface area contributed by atoms with E-state index in [1.54, 1.807) is 17.0 Å². The Hall–Kier alpha value is -1.91. The van der Waals surface area contributed by atoms with Gasteiger partial charge < -0.3 is 19.5 Å². The number of phenols is 1. The molecule has 1 fully saturated rings. The summed E-state index contributed by atoms with van der Waals surface area (Å²) in [5.74, 6) is 1.08. The minimum atomic E-state index is -0.482. The molecule has 0 bridgehead atoms. The average molecular weight is 305 g/mol. The van der Waals surface area contributed by atoms with E-state index in [9.17, 15) is 9.90 Å². The number of amides is 1. The van der Waals surface area contributed by atoms with Gasteiger partial charge in [-0.05, 0) is 57.4 Å². The number of fused-ring (bicyclic) bond motifs is 1. The van der Waals surface area contributed by atoms with Crippen molar-refractivity contribution in [3.63, 3.8) is 0 Å². The number of benzene rings is 1. The van der Waals surface area contributed by atoms with E-state index in [2.05, 4.69) is 0 Å². The molecule has 1 saturated heterocycles. The molecule has 22 heavy (non-hydrogen) atoms. The maximum atomic E-state index is 12.2. The Morgan fingerprint density at radius 2 is 2.14 bits per heavy atom. The van der Waals surface area contributed by atoms with Crippen molar-refractivity contribution in [1.29, 1.82) is 0 Å². The lowest BCUT2D eigenvalue weighted by molar-refractivity contribution is 0.0170. The Kier molecular flexibility index (Phi) is 3.46. The Balaban J connectivity index is 1.70. The number of likely N-dealkylation sites (tertiary alicyclic amines) is 1. The lowest BCUT2D eigenvalue weighted by atomic mass is 9.90. The van der Waals surface area contributed by atoms with Crippen LogP contribution in [-0.2, 0) is 11.2 Å². The number of hydrogen-bond donors (Lipinski definition) is 1. The third-order valence-corrected chi connectivity index (χ3v) is 4.19. The Labute approximate surface area is 130 Å². The molecule has 0 aromatic heterocycles. The van der Waals surface area contributed by atoms with E-state index >= 15 is 0 Å². The number of nitrogens with zero attached hydrogens (tertiary/aromatic N) is 1. The van der Waals surface area contributed by atoms with Crippen LogP contribution in [0.4, 0.5) is 4.79 Å². The van der Waals surface area contributed by atoms with E-state index in [1.165, 1.54) is 0 Å². The molecule has 0 radical (unpaired) electrons. The van der Waals surface area contributed by atoms with Gasteiger partial charge in [-0.25, -0.2) is 4.79 Å². The van der Waals surface area contributed by atoms with Crippen LogP contribution in [0.3, 0.4) is 0 Å². The Morgan fingerprint density at radius 3 is 2.86 bits per heavy atom. The number of carbonyl (C=O) groups excluding carboxylic acids is 1. The predicted octanol–water partition coefficient (Wildman–Crippen LogP) is 3.10. The summed E-state index contributed by atoms with van der Waals surface area (Å²) in [7, 11) is 0. The number of hydrogen-bond acceptors (Lipinski definition) is 4. The highest BCUT2D eigenvalue weighted by atomic mass is 16.6. The van der Waals surface area contributed by atoms with Crippen molar-refractivity contribution in [1.82, 2.24) is 4.90 Å². The Bertz CT molecular complexity index is 593. The summed E-state index contributed by atoms with van der Waals surface area (Å²) in [6, 6.07) is 5.20. The molecule has 0 aliphatic carbocycles. The molecule has 1 aromatic rings. The molecule has 2 aliphatic rings. The van der Waals surface area contributed by atoms with Crippen LogP contribution in [0, 0.1) is 0 Å². The third kappa shape index (κ3) is 2.98. The minimum absolute atomic E-state index is 0.264. The molecule has 120 valence electrons. The van der Waals surface area contributed by atoms with Gasteiger partial charge in [0.2, 0.25) is 0 Å². The van der Waals surface area contributed by atoms with E-state index < -0.39 is 5.60 Å². The lowest BCUT2D eigenvalue weighted by Gasteiger charge is -2.35. The van der Waals surface area contributed by atoms with Crippen molar-refractivity contribution < 1.29 is 19.4 Å². The second kappa shape index (κ2) is 5.07. The SMILES string of the molecule is CC(C)(C)OC(=O)N1CCC2(CCc3cc(O)ccc3O2)C1. The van der Waals surface area contributed by atoms with Crippen LogP contribution in [0.25, 0.3) is 0 Å². The molecule has 1 amide bonds. The highest BCUT2D eigenvalue weighted by Gasteiger charge is 2.45. The van der Waals surface area contributed by atoms with Crippen molar-refractivity contribution in [2.24, 2.45) is 0 Å². The van der Waals surface area contributed by atoms with Gasteiger partial charge in [-0.3, -0.25) is 0 Å². The summed E-state index contributed by atoms with van der Waals surface area (Å²) >= 11 is 0. The number of ether oxygens (including phenoxy) is 2. The predicted molar refractivity (Wildman–Crippen MR) is 82.2 cm³/mol. The summed E-state index contributed by atoms with van der Waals surface area (Å²) < 4.78 is 11.6. The number of phenolic OH excluding ortho intramolecular Hbond substituents is 1. The first kappa shape index (κ1) is 15.0. The van der Waals surface area contributed by atoms with E-state index in [0.29, 0.717) is 13.1 Å².